The highest BCUT2D eigenvalue weighted by atomic mass is 35.5. The van der Waals surface area contributed by atoms with Gasteiger partial charge in [0.25, 0.3) is 5.56 Å². The molecule has 2 aromatic heterocycles. The Labute approximate surface area is 127 Å². The zero-order valence-electron chi connectivity index (χ0n) is 11.6. The van der Waals surface area contributed by atoms with Crippen molar-refractivity contribution in [1.29, 1.82) is 0 Å². The minimum absolute atomic E-state index is 0.127. The van der Waals surface area contributed by atoms with Crippen LogP contribution < -0.4 is 5.56 Å². The molecule has 3 rings (SSSR count). The van der Waals surface area contributed by atoms with Gasteiger partial charge in [-0.1, -0.05) is 30.7 Å². The van der Waals surface area contributed by atoms with Gasteiger partial charge in [-0.3, -0.25) is 14.3 Å². The van der Waals surface area contributed by atoms with E-state index in [1.165, 1.54) is 6.07 Å². The first-order valence-electron chi connectivity index (χ1n) is 6.77. The Morgan fingerprint density at radius 1 is 1.24 bits per heavy atom. The SMILES string of the molecule is CCc1nc(Cl)cc(=O)n1Cc1ccc2ncccc2c1. The van der Waals surface area contributed by atoms with E-state index in [1.807, 2.05) is 37.3 Å². The highest BCUT2D eigenvalue weighted by Crippen LogP contribution is 2.14. The first kappa shape index (κ1) is 13.8. The topological polar surface area (TPSA) is 47.8 Å². The molecule has 21 heavy (non-hydrogen) atoms. The Morgan fingerprint density at radius 3 is 2.90 bits per heavy atom. The lowest BCUT2D eigenvalue weighted by atomic mass is 10.1. The number of benzene rings is 1. The predicted molar refractivity (Wildman–Crippen MR) is 83.7 cm³/mol. The maximum atomic E-state index is 12.1. The van der Waals surface area contributed by atoms with Crippen molar-refractivity contribution in [2.45, 2.75) is 19.9 Å². The number of aromatic nitrogens is 3. The third-order valence-electron chi connectivity index (χ3n) is 3.38. The third-order valence-corrected chi connectivity index (χ3v) is 3.57. The second kappa shape index (κ2) is 5.66. The lowest BCUT2D eigenvalue weighted by molar-refractivity contribution is 0.675. The molecule has 0 bridgehead atoms. The van der Waals surface area contributed by atoms with Gasteiger partial charge in [0, 0.05) is 24.1 Å². The molecule has 0 N–H and O–H groups in total. The molecule has 0 saturated carbocycles. The van der Waals surface area contributed by atoms with Crippen molar-refractivity contribution >= 4 is 22.5 Å². The molecule has 106 valence electrons. The summed E-state index contributed by atoms with van der Waals surface area (Å²) in [6.07, 6.45) is 2.43. The molecule has 3 aromatic rings. The van der Waals surface area contributed by atoms with Crippen LogP contribution in [-0.4, -0.2) is 14.5 Å². The Balaban J connectivity index is 2.04. The second-order valence-corrected chi connectivity index (χ2v) is 5.19. The van der Waals surface area contributed by atoms with Crippen LogP contribution in [0.1, 0.15) is 18.3 Å². The average molecular weight is 300 g/mol. The van der Waals surface area contributed by atoms with E-state index in [1.54, 1.807) is 10.8 Å². The van der Waals surface area contributed by atoms with Gasteiger partial charge in [0.15, 0.2) is 0 Å². The summed E-state index contributed by atoms with van der Waals surface area (Å²) in [4.78, 5) is 20.6. The maximum absolute atomic E-state index is 12.1. The number of fused-ring (bicyclic) bond motifs is 1. The van der Waals surface area contributed by atoms with Crippen molar-refractivity contribution in [3.8, 4) is 0 Å². The van der Waals surface area contributed by atoms with Crippen LogP contribution in [0.25, 0.3) is 10.9 Å². The van der Waals surface area contributed by atoms with E-state index < -0.39 is 0 Å². The largest absolute Gasteiger partial charge is 0.292 e. The van der Waals surface area contributed by atoms with E-state index >= 15 is 0 Å². The number of rotatable bonds is 3. The second-order valence-electron chi connectivity index (χ2n) is 4.80. The van der Waals surface area contributed by atoms with Crippen molar-refractivity contribution in [2.24, 2.45) is 0 Å². The van der Waals surface area contributed by atoms with Crippen LogP contribution in [0.15, 0.2) is 47.4 Å². The Bertz CT molecular complexity index is 858. The highest BCUT2D eigenvalue weighted by molar-refractivity contribution is 6.29. The van der Waals surface area contributed by atoms with Gasteiger partial charge in [-0.25, -0.2) is 4.98 Å². The van der Waals surface area contributed by atoms with Crippen LogP contribution in [0.2, 0.25) is 5.15 Å². The van der Waals surface area contributed by atoms with Crippen LogP contribution in [0.4, 0.5) is 0 Å². The van der Waals surface area contributed by atoms with Crippen LogP contribution >= 0.6 is 11.6 Å². The number of hydrogen-bond acceptors (Lipinski definition) is 3. The molecule has 0 saturated heterocycles. The van der Waals surface area contributed by atoms with Crippen molar-refractivity contribution in [1.82, 2.24) is 14.5 Å². The lowest BCUT2D eigenvalue weighted by Gasteiger charge is -2.11. The smallest absolute Gasteiger partial charge is 0.255 e. The van der Waals surface area contributed by atoms with Crippen LogP contribution in [0.5, 0.6) is 0 Å². The molecule has 0 amide bonds. The van der Waals surface area contributed by atoms with Gasteiger partial charge >= 0.3 is 0 Å². The van der Waals surface area contributed by atoms with Crippen molar-refractivity contribution in [3.05, 3.63) is 69.5 Å². The van der Waals surface area contributed by atoms with Crippen LogP contribution in [-0.2, 0) is 13.0 Å². The van der Waals surface area contributed by atoms with E-state index in [-0.39, 0.29) is 10.7 Å². The van der Waals surface area contributed by atoms with Gasteiger partial charge < -0.3 is 0 Å². The summed E-state index contributed by atoms with van der Waals surface area (Å²) in [5.74, 6) is 0.693. The first-order chi connectivity index (χ1) is 10.2. The lowest BCUT2D eigenvalue weighted by Crippen LogP contribution is -2.24. The van der Waals surface area contributed by atoms with Gasteiger partial charge in [-0.05, 0) is 23.8 Å². The number of nitrogens with zero attached hydrogens (tertiary/aromatic N) is 3. The van der Waals surface area contributed by atoms with Crippen molar-refractivity contribution < 1.29 is 0 Å². The molecule has 0 atom stereocenters. The normalized spacial score (nSPS) is 11.0. The third kappa shape index (κ3) is 2.81. The number of halogens is 1. The summed E-state index contributed by atoms with van der Waals surface area (Å²) in [5, 5.41) is 1.30. The molecule has 0 aliphatic heterocycles. The summed E-state index contributed by atoms with van der Waals surface area (Å²) in [6.45, 7) is 2.44. The molecule has 0 fully saturated rings. The van der Waals surface area contributed by atoms with E-state index in [9.17, 15) is 4.79 Å². The van der Waals surface area contributed by atoms with Gasteiger partial charge in [0.1, 0.15) is 11.0 Å². The van der Waals surface area contributed by atoms with Crippen molar-refractivity contribution in [3.63, 3.8) is 0 Å². The molecule has 1 aromatic carbocycles. The molecule has 0 spiro atoms. The van der Waals surface area contributed by atoms with E-state index in [4.69, 9.17) is 11.6 Å². The number of hydrogen-bond donors (Lipinski definition) is 0. The Morgan fingerprint density at radius 2 is 2.10 bits per heavy atom. The molecule has 0 radical (unpaired) electrons. The molecular weight excluding hydrogens is 286 g/mol. The minimum Gasteiger partial charge on any atom is -0.292 e. The minimum atomic E-state index is -0.127. The van der Waals surface area contributed by atoms with Crippen LogP contribution in [0, 0.1) is 0 Å². The molecule has 2 heterocycles. The maximum Gasteiger partial charge on any atom is 0.255 e. The molecule has 4 nitrogen and oxygen atoms in total. The van der Waals surface area contributed by atoms with Gasteiger partial charge in [0.2, 0.25) is 0 Å². The fraction of sp³-hybridized carbons (Fsp3) is 0.188. The highest BCUT2D eigenvalue weighted by Gasteiger charge is 2.07. The summed E-state index contributed by atoms with van der Waals surface area (Å²) in [7, 11) is 0. The monoisotopic (exact) mass is 299 g/mol. The predicted octanol–water partition coefficient (Wildman–Crippen LogP) is 3.06. The fourth-order valence-electron chi connectivity index (χ4n) is 2.37. The van der Waals surface area contributed by atoms with E-state index in [0.717, 1.165) is 16.5 Å². The average Bonchev–Trinajstić information content (AvgIpc) is 2.49. The van der Waals surface area contributed by atoms with Gasteiger partial charge in [0.05, 0.1) is 12.1 Å². The van der Waals surface area contributed by atoms with Gasteiger partial charge in [-0.15, -0.1) is 0 Å². The summed E-state index contributed by atoms with van der Waals surface area (Å²) in [6, 6.07) is 11.3. The molecular formula is C16H14ClN3O. The zero-order chi connectivity index (χ0) is 14.8. The number of pyridine rings is 1. The molecule has 5 heteroatoms. The molecule has 0 aliphatic rings. The van der Waals surface area contributed by atoms with Crippen molar-refractivity contribution in [2.75, 3.05) is 0 Å². The van der Waals surface area contributed by atoms with Gasteiger partial charge in [-0.2, -0.15) is 0 Å². The Hall–Kier alpha value is -2.20. The number of aryl methyl sites for hydroxylation is 1. The summed E-state index contributed by atoms with van der Waals surface area (Å²) < 4.78 is 1.66. The Kier molecular flexibility index (Phi) is 3.71. The quantitative estimate of drug-likeness (QED) is 0.698. The molecule has 0 unspecified atom stereocenters. The molecule has 0 aliphatic carbocycles. The first-order valence-corrected chi connectivity index (χ1v) is 7.15. The summed E-state index contributed by atoms with van der Waals surface area (Å²) >= 11 is 5.85. The van der Waals surface area contributed by atoms with E-state index in [0.29, 0.717) is 18.8 Å². The zero-order valence-corrected chi connectivity index (χ0v) is 12.3. The van der Waals surface area contributed by atoms with Crippen LogP contribution in [0.3, 0.4) is 0 Å². The summed E-state index contributed by atoms with van der Waals surface area (Å²) in [5.41, 5.74) is 1.85. The standard InChI is InChI=1S/C16H14ClN3O/c1-2-15-19-14(17)9-16(21)20(15)10-11-5-6-13-12(8-11)4-3-7-18-13/h3-9H,2,10H2,1H3. The fourth-order valence-corrected chi connectivity index (χ4v) is 2.56. The van der Waals surface area contributed by atoms with E-state index in [2.05, 4.69) is 9.97 Å².